The van der Waals surface area contributed by atoms with Crippen molar-refractivity contribution in [1.29, 1.82) is 0 Å². The van der Waals surface area contributed by atoms with Crippen LogP contribution in [0.3, 0.4) is 0 Å². The molecule has 0 bridgehead atoms. The quantitative estimate of drug-likeness (QED) is 0.0977. The molecule has 0 saturated carbocycles. The number of nitrogens with zero attached hydrogens (tertiary/aromatic N) is 2. The van der Waals surface area contributed by atoms with Gasteiger partial charge in [0.2, 0.25) is 11.7 Å². The number of carbonyl (C=O) groups is 4. The summed E-state index contributed by atoms with van der Waals surface area (Å²) in [5, 5.41) is 7.10. The summed E-state index contributed by atoms with van der Waals surface area (Å²) >= 11 is 0. The first-order chi connectivity index (χ1) is 26.3. The number of halogens is 2. The summed E-state index contributed by atoms with van der Waals surface area (Å²) < 4.78 is 48.5. The van der Waals surface area contributed by atoms with Crippen LogP contribution < -0.4 is 20.7 Å². The summed E-state index contributed by atoms with van der Waals surface area (Å²) in [4.78, 5) is 61.2. The summed E-state index contributed by atoms with van der Waals surface area (Å²) in [6.45, 7) is 6.81. The van der Waals surface area contributed by atoms with Crippen molar-refractivity contribution in [2.24, 2.45) is 11.8 Å². The summed E-state index contributed by atoms with van der Waals surface area (Å²) in [7, 11) is 0. The molecule has 0 spiro atoms. The number of rotatable bonds is 20. The predicted molar refractivity (Wildman–Crippen MR) is 200 cm³/mol. The fraction of sp³-hybridized carbons (Fsp3) is 0.366. The Bertz CT molecular complexity index is 1820. The van der Waals surface area contributed by atoms with Gasteiger partial charge in [0, 0.05) is 25.0 Å². The Morgan fingerprint density at radius 2 is 1.44 bits per heavy atom. The minimum absolute atomic E-state index is 0.112. The van der Waals surface area contributed by atoms with Crippen LogP contribution in [0.2, 0.25) is 0 Å². The molecule has 292 valence electrons. The molecular weight excluding hydrogens is 712 g/mol. The van der Waals surface area contributed by atoms with Crippen LogP contribution in [0.15, 0.2) is 104 Å². The van der Waals surface area contributed by atoms with Gasteiger partial charge in [-0.3, -0.25) is 24.4 Å². The van der Waals surface area contributed by atoms with Gasteiger partial charge >= 0.3 is 12.0 Å². The Balaban J connectivity index is 1.49. The minimum atomic E-state index is -4.56. The van der Waals surface area contributed by atoms with Crippen LogP contribution in [0, 0.1) is 11.8 Å². The molecule has 3 atom stereocenters. The summed E-state index contributed by atoms with van der Waals surface area (Å²) in [5.74, 6) is -9.55. The van der Waals surface area contributed by atoms with Gasteiger partial charge in [-0.25, -0.2) is 4.79 Å². The topological polar surface area (TPSA) is 158 Å². The molecule has 14 heteroatoms. The zero-order valence-electron chi connectivity index (χ0n) is 31.2. The molecule has 12 nitrogen and oxygen atoms in total. The number of amides is 3. The van der Waals surface area contributed by atoms with E-state index in [-0.39, 0.29) is 25.7 Å². The van der Waals surface area contributed by atoms with Gasteiger partial charge in [0.05, 0.1) is 31.0 Å². The highest BCUT2D eigenvalue weighted by Gasteiger charge is 2.51. The molecule has 3 N–H and O–H groups in total. The molecule has 4 rings (SSSR count). The SMILES string of the molecule is CC(C)[C@H](COCc1cccnc1)NC(=O)C(F)(F)C(=O)C(Cc1ccc(OCc2ccccc2)cc1)NC(=O)[C@@H](NC(=O)OCc1ccccn1)C(C)C. The van der Waals surface area contributed by atoms with Crippen molar-refractivity contribution in [3.05, 3.63) is 126 Å². The second-order valence-electron chi connectivity index (χ2n) is 13.6. The Kier molecular flexibility index (Phi) is 15.7. The molecule has 3 amide bonds. The lowest BCUT2D eigenvalue weighted by Crippen LogP contribution is -2.60. The highest BCUT2D eigenvalue weighted by Crippen LogP contribution is 2.22. The van der Waals surface area contributed by atoms with Gasteiger partial charge in [0.15, 0.2) is 0 Å². The Hall–Kier alpha value is -5.76. The standard InChI is InChI=1S/C41H47F2N5O7/c1-27(2)35(26-53-23-31-13-10-19-44-22-31)47-39(51)41(42,43)37(49)34(21-29-15-17-33(18-16-29)54-24-30-11-6-5-7-12-30)46-38(50)36(28(3)4)48-40(52)55-25-32-14-8-9-20-45-32/h5-20,22,27-28,34-36H,21,23-26H2,1-4H3,(H,46,50)(H,47,51)(H,48,52)/t34?,35-,36-/m0/s1. The van der Waals surface area contributed by atoms with E-state index in [2.05, 4.69) is 25.9 Å². The van der Waals surface area contributed by atoms with E-state index in [0.29, 0.717) is 23.6 Å². The van der Waals surface area contributed by atoms with Crippen LogP contribution in [-0.2, 0) is 50.1 Å². The lowest BCUT2D eigenvalue weighted by Gasteiger charge is -2.28. The number of nitrogens with one attached hydrogen (secondary N) is 3. The highest BCUT2D eigenvalue weighted by atomic mass is 19.3. The van der Waals surface area contributed by atoms with Crippen LogP contribution in [-0.4, -0.2) is 64.3 Å². The third kappa shape index (κ3) is 13.2. The van der Waals surface area contributed by atoms with E-state index < -0.39 is 60.1 Å². The molecule has 1 unspecified atom stereocenters. The van der Waals surface area contributed by atoms with E-state index in [1.165, 1.54) is 6.20 Å². The van der Waals surface area contributed by atoms with Crippen molar-refractivity contribution in [2.75, 3.05) is 6.61 Å². The predicted octanol–water partition coefficient (Wildman–Crippen LogP) is 5.60. The third-order valence-corrected chi connectivity index (χ3v) is 8.55. The van der Waals surface area contributed by atoms with E-state index in [1.54, 1.807) is 94.7 Å². The number of ether oxygens (including phenoxy) is 3. The average Bonchev–Trinajstić information content (AvgIpc) is 3.18. The van der Waals surface area contributed by atoms with Gasteiger partial charge < -0.3 is 30.2 Å². The van der Waals surface area contributed by atoms with Crippen LogP contribution in [0.1, 0.15) is 50.1 Å². The smallest absolute Gasteiger partial charge is 0.408 e. The first kappa shape index (κ1) is 42.0. The van der Waals surface area contributed by atoms with Crippen LogP contribution in [0.5, 0.6) is 5.75 Å². The van der Waals surface area contributed by atoms with Crippen molar-refractivity contribution in [3.63, 3.8) is 0 Å². The first-order valence-electron chi connectivity index (χ1n) is 17.9. The second-order valence-corrected chi connectivity index (χ2v) is 13.6. The second kappa shape index (κ2) is 20.6. The van der Waals surface area contributed by atoms with Crippen LogP contribution in [0.4, 0.5) is 13.6 Å². The Morgan fingerprint density at radius 3 is 2.07 bits per heavy atom. The van der Waals surface area contributed by atoms with Crippen LogP contribution in [0.25, 0.3) is 0 Å². The number of hydrogen-bond donors (Lipinski definition) is 3. The lowest BCUT2D eigenvalue weighted by molar-refractivity contribution is -0.161. The van der Waals surface area contributed by atoms with Gasteiger partial charge in [-0.1, -0.05) is 82.3 Å². The van der Waals surface area contributed by atoms with Crippen LogP contribution >= 0.6 is 0 Å². The number of Topliss-reactive ketones (excluding diaryl/α,β-unsaturated/α-hetero) is 1. The van der Waals surface area contributed by atoms with Crippen molar-refractivity contribution < 1.29 is 42.2 Å². The average molecular weight is 760 g/mol. The lowest BCUT2D eigenvalue weighted by atomic mass is 9.96. The molecule has 0 aliphatic carbocycles. The molecule has 0 saturated heterocycles. The Morgan fingerprint density at radius 1 is 0.727 bits per heavy atom. The summed E-state index contributed by atoms with van der Waals surface area (Å²) in [5.41, 5.74) is 2.55. The van der Waals surface area contributed by atoms with E-state index in [9.17, 15) is 19.2 Å². The zero-order chi connectivity index (χ0) is 39.8. The van der Waals surface area contributed by atoms with E-state index >= 15 is 8.78 Å². The van der Waals surface area contributed by atoms with Crippen molar-refractivity contribution in [3.8, 4) is 5.75 Å². The molecule has 2 heterocycles. The van der Waals surface area contributed by atoms with Gasteiger partial charge in [0.1, 0.15) is 25.0 Å². The number of alkyl halides is 2. The first-order valence-corrected chi connectivity index (χ1v) is 17.9. The number of pyridine rings is 2. The maximum absolute atomic E-state index is 15.9. The molecule has 0 aliphatic heterocycles. The highest BCUT2D eigenvalue weighted by molar-refractivity contribution is 6.10. The van der Waals surface area contributed by atoms with Gasteiger partial charge in [0.25, 0.3) is 5.91 Å². The molecule has 2 aromatic carbocycles. The molecule has 0 aliphatic rings. The number of alkyl carbamates (subject to hydrolysis) is 1. The molecule has 55 heavy (non-hydrogen) atoms. The molecule has 4 aromatic rings. The molecule has 0 radical (unpaired) electrons. The fourth-order valence-electron chi connectivity index (χ4n) is 5.27. The van der Waals surface area contributed by atoms with Gasteiger partial charge in [-0.05, 0) is 58.9 Å². The zero-order valence-corrected chi connectivity index (χ0v) is 31.2. The third-order valence-electron chi connectivity index (χ3n) is 8.55. The fourth-order valence-corrected chi connectivity index (χ4v) is 5.27. The van der Waals surface area contributed by atoms with Gasteiger partial charge in [-0.2, -0.15) is 8.78 Å². The number of hydrogen-bond acceptors (Lipinski definition) is 9. The molecule has 0 fully saturated rings. The number of aromatic nitrogens is 2. The Labute approximate surface area is 319 Å². The molecule has 2 aromatic heterocycles. The number of carbonyl (C=O) groups excluding carboxylic acids is 4. The number of ketones is 1. The van der Waals surface area contributed by atoms with Crippen molar-refractivity contribution >= 4 is 23.7 Å². The van der Waals surface area contributed by atoms with E-state index in [4.69, 9.17) is 14.2 Å². The monoisotopic (exact) mass is 759 g/mol. The minimum Gasteiger partial charge on any atom is -0.489 e. The van der Waals surface area contributed by atoms with Crippen molar-refractivity contribution in [2.45, 2.75) is 78.0 Å². The van der Waals surface area contributed by atoms with Crippen molar-refractivity contribution in [1.82, 2.24) is 25.9 Å². The summed E-state index contributed by atoms with van der Waals surface area (Å²) in [6, 6.07) is 20.4. The maximum Gasteiger partial charge on any atom is 0.408 e. The normalized spacial score (nSPS) is 13.0. The van der Waals surface area contributed by atoms with E-state index in [0.717, 1.165) is 11.1 Å². The van der Waals surface area contributed by atoms with Gasteiger partial charge in [-0.15, -0.1) is 0 Å². The summed E-state index contributed by atoms with van der Waals surface area (Å²) in [6.07, 6.45) is 3.37. The number of benzene rings is 2. The maximum atomic E-state index is 15.9. The molecular formula is C41H47F2N5O7. The van der Waals surface area contributed by atoms with E-state index in [1.807, 2.05) is 30.3 Å². The largest absolute Gasteiger partial charge is 0.489 e.